The number of amides is 1. The van der Waals surface area contributed by atoms with E-state index in [2.05, 4.69) is 0 Å². The summed E-state index contributed by atoms with van der Waals surface area (Å²) in [5.74, 6) is -0.0886. The number of methoxy groups -OCH3 is 3. The summed E-state index contributed by atoms with van der Waals surface area (Å²) in [5, 5.41) is 0. The van der Waals surface area contributed by atoms with Gasteiger partial charge in [-0.05, 0) is 36.6 Å². The van der Waals surface area contributed by atoms with Crippen molar-refractivity contribution in [2.75, 3.05) is 45.9 Å². The Bertz CT molecular complexity index is 1190. The van der Waals surface area contributed by atoms with Gasteiger partial charge >= 0.3 is 5.97 Å². The number of para-hydroxylation sites is 1. The van der Waals surface area contributed by atoms with E-state index in [9.17, 15) is 18.0 Å². The van der Waals surface area contributed by atoms with Crippen LogP contribution in [-0.2, 0) is 29.8 Å². The number of anilines is 1. The van der Waals surface area contributed by atoms with Crippen molar-refractivity contribution >= 4 is 27.6 Å². The summed E-state index contributed by atoms with van der Waals surface area (Å²) in [6.07, 6.45) is 0.595. The number of rotatable bonds is 6. The summed E-state index contributed by atoms with van der Waals surface area (Å²) in [7, 11) is 0.270. The maximum atomic E-state index is 13.5. The second-order valence-corrected chi connectivity index (χ2v) is 9.89. The quantitative estimate of drug-likeness (QED) is 0.590. The fourth-order valence-corrected chi connectivity index (χ4v) is 6.28. The zero-order chi connectivity index (χ0) is 23.8. The van der Waals surface area contributed by atoms with Gasteiger partial charge in [0.2, 0.25) is 15.9 Å². The van der Waals surface area contributed by atoms with E-state index >= 15 is 0 Å². The average molecular weight is 475 g/mol. The van der Waals surface area contributed by atoms with Gasteiger partial charge in [0.15, 0.2) is 0 Å². The highest BCUT2D eigenvalue weighted by Crippen LogP contribution is 2.48. The Morgan fingerprint density at radius 3 is 2.36 bits per heavy atom. The zero-order valence-corrected chi connectivity index (χ0v) is 19.6. The van der Waals surface area contributed by atoms with E-state index in [4.69, 9.17) is 14.2 Å². The molecule has 2 aromatic rings. The normalized spacial score (nSPS) is 17.7. The van der Waals surface area contributed by atoms with Gasteiger partial charge in [0, 0.05) is 24.8 Å². The third kappa shape index (κ3) is 3.72. The van der Waals surface area contributed by atoms with Crippen LogP contribution in [0.25, 0.3) is 0 Å². The predicted octanol–water partition coefficient (Wildman–Crippen LogP) is 1.95. The van der Waals surface area contributed by atoms with Crippen molar-refractivity contribution in [3.63, 3.8) is 0 Å². The first-order valence-electron chi connectivity index (χ1n) is 10.5. The van der Waals surface area contributed by atoms with Crippen LogP contribution in [0, 0.1) is 0 Å². The molecule has 2 aliphatic rings. The molecule has 33 heavy (non-hydrogen) atoms. The molecular weight excluding hydrogens is 448 g/mol. The van der Waals surface area contributed by atoms with E-state index in [0.29, 0.717) is 24.3 Å². The Morgan fingerprint density at radius 2 is 1.73 bits per heavy atom. The molecule has 0 unspecified atom stereocenters. The molecule has 0 N–H and O–H groups in total. The van der Waals surface area contributed by atoms with Gasteiger partial charge in [-0.2, -0.15) is 4.31 Å². The molecule has 0 aromatic heterocycles. The zero-order valence-electron chi connectivity index (χ0n) is 18.7. The summed E-state index contributed by atoms with van der Waals surface area (Å²) in [6, 6.07) is 12.0. The van der Waals surface area contributed by atoms with Crippen LogP contribution in [0.4, 0.5) is 5.69 Å². The van der Waals surface area contributed by atoms with E-state index < -0.39 is 21.4 Å². The monoisotopic (exact) mass is 474 g/mol. The second kappa shape index (κ2) is 8.68. The standard InChI is InChI=1S/C23H26N2O7S/c1-30-16-8-9-19(31-2)20(14-16)33(28,29)24-12-10-23(11-13-24)17-6-4-5-7-18(17)25(22(23)27)15-21(26)32-3/h4-9,14H,10-13,15H2,1-3H3. The van der Waals surface area contributed by atoms with E-state index in [1.54, 1.807) is 18.2 Å². The summed E-state index contributed by atoms with van der Waals surface area (Å²) in [6.45, 7) is 0.112. The Balaban J connectivity index is 1.64. The van der Waals surface area contributed by atoms with Crippen molar-refractivity contribution in [2.45, 2.75) is 23.2 Å². The molecule has 1 saturated heterocycles. The van der Waals surface area contributed by atoms with Gasteiger partial charge in [0.25, 0.3) is 0 Å². The molecule has 10 heteroatoms. The SMILES string of the molecule is COC(=O)CN1C(=O)C2(CCN(S(=O)(=O)c3cc(OC)ccc3OC)CC2)c2ccccc21. The molecule has 0 bridgehead atoms. The van der Waals surface area contributed by atoms with Crippen molar-refractivity contribution in [3.05, 3.63) is 48.0 Å². The van der Waals surface area contributed by atoms with Gasteiger partial charge in [0.1, 0.15) is 22.9 Å². The van der Waals surface area contributed by atoms with Crippen LogP contribution in [0.3, 0.4) is 0 Å². The Labute approximate surface area is 192 Å². The Kier molecular flexibility index (Phi) is 6.06. The predicted molar refractivity (Wildman–Crippen MR) is 120 cm³/mol. The average Bonchev–Trinajstić information content (AvgIpc) is 3.06. The molecule has 0 radical (unpaired) electrons. The lowest BCUT2D eigenvalue weighted by Crippen LogP contribution is -2.50. The first-order valence-corrected chi connectivity index (χ1v) is 11.9. The van der Waals surface area contributed by atoms with E-state index in [1.165, 1.54) is 36.6 Å². The summed E-state index contributed by atoms with van der Waals surface area (Å²) < 4.78 is 43.5. The number of esters is 1. The number of fused-ring (bicyclic) bond motifs is 2. The number of benzene rings is 2. The minimum Gasteiger partial charge on any atom is -0.497 e. The van der Waals surface area contributed by atoms with Crippen LogP contribution < -0.4 is 14.4 Å². The number of piperidine rings is 1. The molecule has 1 amide bonds. The number of carbonyl (C=O) groups is 2. The Hall–Kier alpha value is -3.11. The van der Waals surface area contributed by atoms with Gasteiger partial charge in [-0.15, -0.1) is 0 Å². The molecule has 2 aliphatic heterocycles. The number of ether oxygens (including phenoxy) is 3. The van der Waals surface area contributed by atoms with Crippen molar-refractivity contribution < 1.29 is 32.2 Å². The van der Waals surface area contributed by atoms with Gasteiger partial charge in [-0.1, -0.05) is 18.2 Å². The minimum atomic E-state index is -3.89. The van der Waals surface area contributed by atoms with Gasteiger partial charge in [-0.3, -0.25) is 9.59 Å². The second-order valence-electron chi connectivity index (χ2n) is 7.99. The number of carbonyl (C=O) groups excluding carboxylic acids is 2. The molecule has 0 saturated carbocycles. The molecule has 0 atom stereocenters. The van der Waals surface area contributed by atoms with Crippen LogP contribution in [0.2, 0.25) is 0 Å². The summed E-state index contributed by atoms with van der Waals surface area (Å²) in [5.41, 5.74) is 0.600. The van der Waals surface area contributed by atoms with Gasteiger partial charge < -0.3 is 19.1 Å². The first-order chi connectivity index (χ1) is 15.8. The molecule has 176 valence electrons. The van der Waals surface area contributed by atoms with Crippen molar-refractivity contribution in [1.82, 2.24) is 4.31 Å². The van der Waals surface area contributed by atoms with Crippen LogP contribution in [-0.4, -0.2) is 65.6 Å². The molecule has 4 rings (SSSR count). The van der Waals surface area contributed by atoms with E-state index in [0.717, 1.165) is 5.56 Å². The lowest BCUT2D eigenvalue weighted by molar-refractivity contribution is -0.140. The molecule has 1 spiro atoms. The van der Waals surface area contributed by atoms with E-state index in [-0.39, 0.29) is 36.2 Å². The van der Waals surface area contributed by atoms with Crippen LogP contribution in [0.5, 0.6) is 11.5 Å². The molecule has 2 heterocycles. The smallest absolute Gasteiger partial charge is 0.325 e. The molecule has 2 aromatic carbocycles. The van der Waals surface area contributed by atoms with Crippen LogP contribution >= 0.6 is 0 Å². The molecule has 0 aliphatic carbocycles. The molecule has 1 fully saturated rings. The third-order valence-electron chi connectivity index (χ3n) is 6.44. The minimum absolute atomic E-state index is 0.0192. The van der Waals surface area contributed by atoms with Crippen LogP contribution in [0.15, 0.2) is 47.4 Å². The van der Waals surface area contributed by atoms with Crippen LogP contribution in [0.1, 0.15) is 18.4 Å². The lowest BCUT2D eigenvalue weighted by atomic mass is 9.74. The summed E-state index contributed by atoms with van der Waals surface area (Å²) in [4.78, 5) is 26.9. The maximum absolute atomic E-state index is 13.5. The Morgan fingerprint density at radius 1 is 1.03 bits per heavy atom. The highest BCUT2D eigenvalue weighted by molar-refractivity contribution is 7.89. The lowest BCUT2D eigenvalue weighted by Gasteiger charge is -2.38. The van der Waals surface area contributed by atoms with Crippen molar-refractivity contribution in [2.24, 2.45) is 0 Å². The largest absolute Gasteiger partial charge is 0.497 e. The highest BCUT2D eigenvalue weighted by atomic mass is 32.2. The fourth-order valence-electron chi connectivity index (χ4n) is 4.66. The number of sulfonamides is 1. The van der Waals surface area contributed by atoms with Gasteiger partial charge in [-0.25, -0.2) is 8.42 Å². The molecule has 9 nitrogen and oxygen atoms in total. The number of nitrogens with zero attached hydrogens (tertiary/aromatic N) is 2. The van der Waals surface area contributed by atoms with Crippen molar-refractivity contribution in [3.8, 4) is 11.5 Å². The number of hydrogen-bond donors (Lipinski definition) is 0. The topological polar surface area (TPSA) is 102 Å². The maximum Gasteiger partial charge on any atom is 0.325 e. The van der Waals surface area contributed by atoms with Crippen molar-refractivity contribution in [1.29, 1.82) is 0 Å². The summed E-state index contributed by atoms with van der Waals surface area (Å²) >= 11 is 0. The fraction of sp³-hybridized carbons (Fsp3) is 0.391. The highest BCUT2D eigenvalue weighted by Gasteiger charge is 2.53. The number of hydrogen-bond acceptors (Lipinski definition) is 7. The third-order valence-corrected chi connectivity index (χ3v) is 8.36. The molecular formula is C23H26N2O7S. The van der Waals surface area contributed by atoms with E-state index in [1.807, 2.05) is 18.2 Å². The first kappa shape index (κ1) is 23.1. The van der Waals surface area contributed by atoms with Gasteiger partial charge in [0.05, 0.1) is 26.7 Å².